The molecule has 3 aromatic carbocycles. The first-order valence-electron chi connectivity index (χ1n) is 13.1. The molecule has 0 aromatic heterocycles. The maximum atomic E-state index is 13.7. The van der Waals surface area contributed by atoms with Crippen molar-refractivity contribution in [2.24, 2.45) is 0 Å². The number of hydrogen-bond acceptors (Lipinski definition) is 8. The molecule has 9 nitrogen and oxygen atoms in total. The number of ether oxygens (including phenoxy) is 6. The third-order valence-corrected chi connectivity index (χ3v) is 7.22. The van der Waals surface area contributed by atoms with E-state index < -0.39 is 48.7 Å². The first-order chi connectivity index (χ1) is 19.6. The molecule has 0 saturated carbocycles. The van der Waals surface area contributed by atoms with Crippen molar-refractivity contribution < 1.29 is 38.0 Å². The average molecular weight is 544 g/mol. The molecule has 0 N–H and O–H groups in total. The molecular weight excluding hydrogens is 514 g/mol. The van der Waals surface area contributed by atoms with E-state index in [1.165, 1.54) is 4.90 Å². The van der Waals surface area contributed by atoms with Crippen LogP contribution in [0.5, 0.6) is 11.5 Å². The fourth-order valence-electron chi connectivity index (χ4n) is 5.35. The number of fused-ring (bicyclic) bond motifs is 2. The number of amides is 2. The van der Waals surface area contributed by atoms with Crippen LogP contribution in [0.3, 0.4) is 0 Å². The van der Waals surface area contributed by atoms with Gasteiger partial charge in [0, 0.05) is 5.56 Å². The Hall–Kier alpha value is -4.02. The zero-order chi connectivity index (χ0) is 27.6. The Morgan fingerprint density at radius 2 is 1.55 bits per heavy atom. The predicted octanol–water partition coefficient (Wildman–Crippen LogP) is 4.15. The molecule has 0 unspecified atom stereocenters. The van der Waals surface area contributed by atoms with Gasteiger partial charge in [0.25, 0.3) is 11.8 Å². The number of rotatable bonds is 8. The van der Waals surface area contributed by atoms with Gasteiger partial charge >= 0.3 is 0 Å². The van der Waals surface area contributed by atoms with E-state index in [0.29, 0.717) is 22.6 Å². The number of methoxy groups -OCH3 is 1. The molecule has 0 spiro atoms. The molecule has 40 heavy (non-hydrogen) atoms. The summed E-state index contributed by atoms with van der Waals surface area (Å²) in [6.45, 7) is 4.13. The summed E-state index contributed by atoms with van der Waals surface area (Å²) in [7, 11) is 1.58. The van der Waals surface area contributed by atoms with Gasteiger partial charge in [0.2, 0.25) is 6.29 Å². The lowest BCUT2D eigenvalue weighted by Crippen LogP contribution is -2.69. The minimum Gasteiger partial charge on any atom is -0.497 e. The lowest BCUT2D eigenvalue weighted by Gasteiger charge is -2.50. The quantitative estimate of drug-likeness (QED) is 0.309. The van der Waals surface area contributed by atoms with Crippen LogP contribution in [0, 0.1) is 0 Å². The zero-order valence-corrected chi connectivity index (χ0v) is 21.9. The normalized spacial score (nSPS) is 27.6. The van der Waals surface area contributed by atoms with Crippen LogP contribution in [-0.4, -0.2) is 67.7 Å². The van der Waals surface area contributed by atoms with Gasteiger partial charge in [-0.2, -0.15) is 0 Å². The van der Waals surface area contributed by atoms with Gasteiger partial charge in [0.15, 0.2) is 6.29 Å². The maximum Gasteiger partial charge on any atom is 0.262 e. The summed E-state index contributed by atoms with van der Waals surface area (Å²) < 4.78 is 36.7. The lowest BCUT2D eigenvalue weighted by molar-refractivity contribution is -0.342. The molecule has 2 saturated heterocycles. The molecule has 6 atom stereocenters. The predicted molar refractivity (Wildman–Crippen MR) is 143 cm³/mol. The summed E-state index contributed by atoms with van der Waals surface area (Å²) in [6.07, 6.45) is -2.22. The van der Waals surface area contributed by atoms with E-state index in [1.807, 2.05) is 30.3 Å². The average Bonchev–Trinajstić information content (AvgIpc) is 3.25. The molecule has 3 aromatic rings. The molecule has 2 amide bonds. The van der Waals surface area contributed by atoms with Crippen molar-refractivity contribution in [1.29, 1.82) is 0 Å². The van der Waals surface area contributed by atoms with Gasteiger partial charge in [0.05, 0.1) is 31.5 Å². The second-order valence-electron chi connectivity index (χ2n) is 9.62. The standard InChI is InChI=1S/C31H29NO8/c1-3-17-36-27-25(32-28(33)22-11-7-8-12-23(22)29(32)34)31(38-21-15-13-20(35-2)14-16-21)39-24-18-37-30(40-26(24)27)19-9-5-4-6-10-19/h3-16,24-27,30-31H,1,17-18H2,2H3/t24-,25-,26-,27-,30-,31-/m1/s1. The van der Waals surface area contributed by atoms with Crippen LogP contribution in [0.4, 0.5) is 0 Å². The van der Waals surface area contributed by atoms with Gasteiger partial charge < -0.3 is 28.4 Å². The molecule has 0 bridgehead atoms. The van der Waals surface area contributed by atoms with E-state index in [9.17, 15) is 9.59 Å². The van der Waals surface area contributed by atoms with E-state index in [1.54, 1.807) is 61.7 Å². The van der Waals surface area contributed by atoms with Crippen LogP contribution in [0.15, 0.2) is 91.5 Å². The summed E-state index contributed by atoms with van der Waals surface area (Å²) >= 11 is 0. The molecule has 3 aliphatic rings. The fraction of sp³-hybridized carbons (Fsp3) is 0.290. The summed E-state index contributed by atoms with van der Waals surface area (Å²) in [4.78, 5) is 28.6. The monoisotopic (exact) mass is 543 g/mol. The number of benzene rings is 3. The Labute approximate surface area is 231 Å². The van der Waals surface area contributed by atoms with E-state index in [4.69, 9.17) is 28.4 Å². The van der Waals surface area contributed by atoms with Crippen molar-refractivity contribution in [3.63, 3.8) is 0 Å². The summed E-state index contributed by atoms with van der Waals surface area (Å²) in [5.41, 5.74) is 1.46. The number of carbonyl (C=O) groups is 2. The molecule has 3 aliphatic heterocycles. The molecule has 0 aliphatic carbocycles. The van der Waals surface area contributed by atoms with Crippen molar-refractivity contribution in [3.8, 4) is 11.5 Å². The van der Waals surface area contributed by atoms with Gasteiger partial charge in [-0.05, 0) is 36.4 Å². The van der Waals surface area contributed by atoms with Crippen molar-refractivity contribution >= 4 is 11.8 Å². The zero-order valence-electron chi connectivity index (χ0n) is 21.9. The minimum atomic E-state index is -1.08. The SMILES string of the molecule is C=CCO[C@H]1[C@@H]2O[C@H](c3ccccc3)OC[C@H]2O[C@@H](Oc2ccc(OC)cc2)[C@@H]1N1C(=O)c2ccccc2C1=O. The summed E-state index contributed by atoms with van der Waals surface area (Å²) in [5.74, 6) is 0.222. The summed E-state index contributed by atoms with van der Waals surface area (Å²) in [6, 6.07) is 22.2. The Bertz CT molecular complexity index is 1340. The van der Waals surface area contributed by atoms with Gasteiger partial charge in [-0.3, -0.25) is 14.5 Å². The molecule has 2 fully saturated rings. The first-order valence-corrected chi connectivity index (χ1v) is 13.1. The lowest BCUT2D eigenvalue weighted by atomic mass is 9.94. The van der Waals surface area contributed by atoms with E-state index in [2.05, 4.69) is 6.58 Å². The second kappa shape index (κ2) is 11.2. The summed E-state index contributed by atoms with van der Waals surface area (Å²) in [5, 5.41) is 0. The van der Waals surface area contributed by atoms with E-state index >= 15 is 0 Å². The first kappa shape index (κ1) is 26.2. The highest BCUT2D eigenvalue weighted by Crippen LogP contribution is 2.40. The molecule has 6 rings (SSSR count). The van der Waals surface area contributed by atoms with E-state index in [0.717, 1.165) is 5.56 Å². The Balaban J connectivity index is 1.39. The molecule has 9 heteroatoms. The number of carbonyl (C=O) groups excluding carboxylic acids is 2. The fourth-order valence-corrected chi connectivity index (χ4v) is 5.35. The Morgan fingerprint density at radius 3 is 2.20 bits per heavy atom. The Morgan fingerprint density at radius 1 is 0.900 bits per heavy atom. The van der Waals surface area contributed by atoms with Crippen LogP contribution < -0.4 is 9.47 Å². The van der Waals surface area contributed by atoms with Gasteiger partial charge in [-0.25, -0.2) is 0 Å². The van der Waals surface area contributed by atoms with Gasteiger partial charge in [-0.15, -0.1) is 6.58 Å². The second-order valence-corrected chi connectivity index (χ2v) is 9.62. The van der Waals surface area contributed by atoms with Crippen molar-refractivity contribution in [2.75, 3.05) is 20.3 Å². The largest absolute Gasteiger partial charge is 0.497 e. The highest BCUT2D eigenvalue weighted by Gasteiger charge is 2.57. The highest BCUT2D eigenvalue weighted by molar-refractivity contribution is 6.21. The highest BCUT2D eigenvalue weighted by atomic mass is 16.8. The van der Waals surface area contributed by atoms with Crippen molar-refractivity contribution in [1.82, 2.24) is 4.90 Å². The van der Waals surface area contributed by atoms with Crippen LogP contribution >= 0.6 is 0 Å². The van der Waals surface area contributed by atoms with Crippen LogP contribution in [0.25, 0.3) is 0 Å². The van der Waals surface area contributed by atoms with Gasteiger partial charge in [-0.1, -0.05) is 48.5 Å². The molecular formula is C31H29NO8. The smallest absolute Gasteiger partial charge is 0.262 e. The topological polar surface area (TPSA) is 92.8 Å². The van der Waals surface area contributed by atoms with Crippen LogP contribution in [-0.2, 0) is 18.9 Å². The third kappa shape index (κ3) is 4.77. The Kier molecular flexibility index (Phi) is 7.36. The number of hydrogen-bond donors (Lipinski definition) is 0. The van der Waals surface area contributed by atoms with Crippen LogP contribution in [0.2, 0.25) is 0 Å². The number of imide groups is 1. The van der Waals surface area contributed by atoms with E-state index in [-0.39, 0.29) is 13.2 Å². The maximum absolute atomic E-state index is 13.7. The van der Waals surface area contributed by atoms with Gasteiger partial charge in [0.1, 0.15) is 35.9 Å². The molecule has 206 valence electrons. The number of nitrogens with zero attached hydrogens (tertiary/aromatic N) is 1. The van der Waals surface area contributed by atoms with Crippen molar-refractivity contribution in [2.45, 2.75) is 36.9 Å². The molecule has 3 heterocycles. The minimum absolute atomic E-state index is 0.156. The van der Waals surface area contributed by atoms with Crippen molar-refractivity contribution in [3.05, 3.63) is 108 Å². The molecule has 0 radical (unpaired) electrons. The van der Waals surface area contributed by atoms with Crippen LogP contribution in [0.1, 0.15) is 32.6 Å². The third-order valence-electron chi connectivity index (χ3n) is 7.22.